The number of hydrazine groups is 1. The molecule has 4 amide bonds. The quantitative estimate of drug-likeness (QED) is 0.440. The third-order valence-electron chi connectivity index (χ3n) is 6.17. The van der Waals surface area contributed by atoms with Crippen LogP contribution in [0.15, 0.2) is 78.9 Å². The lowest BCUT2D eigenvalue weighted by Crippen LogP contribution is -2.54. The number of hydrogen-bond donors (Lipinski definition) is 1. The first kappa shape index (κ1) is 24.9. The van der Waals surface area contributed by atoms with Crippen LogP contribution >= 0.6 is 0 Å². The third kappa shape index (κ3) is 5.05. The lowest BCUT2D eigenvalue weighted by Gasteiger charge is -2.28. The summed E-state index contributed by atoms with van der Waals surface area (Å²) < 4.78 is 0. The summed E-state index contributed by atoms with van der Waals surface area (Å²) in [6, 6.07) is 21.3. The largest absolute Gasteiger partial charge is 0.274 e. The molecule has 0 spiro atoms. The molecule has 7 nitrogen and oxygen atoms in total. The first-order valence-electron chi connectivity index (χ1n) is 11.8. The molecule has 184 valence electrons. The topological polar surface area (TPSA) is 86.8 Å². The van der Waals surface area contributed by atoms with Gasteiger partial charge in [-0.05, 0) is 59.9 Å². The summed E-state index contributed by atoms with van der Waals surface area (Å²) in [4.78, 5) is 54.1. The third-order valence-corrected chi connectivity index (χ3v) is 6.17. The molecule has 0 aromatic heterocycles. The highest BCUT2D eigenvalue weighted by atomic mass is 16.2. The molecule has 1 aliphatic rings. The van der Waals surface area contributed by atoms with Crippen LogP contribution in [-0.4, -0.2) is 34.7 Å². The second-order valence-electron chi connectivity index (χ2n) is 9.94. The van der Waals surface area contributed by atoms with E-state index in [1.807, 2.05) is 25.1 Å². The van der Waals surface area contributed by atoms with Crippen LogP contribution in [0.25, 0.3) is 0 Å². The molecule has 1 N–H and O–H groups in total. The highest BCUT2D eigenvalue weighted by molar-refractivity contribution is 6.23. The minimum Gasteiger partial charge on any atom is -0.274 e. The minimum absolute atomic E-state index is 0.0831. The standard InChI is InChI=1S/C29H29N3O4/c1-19-9-8-12-23(17-19)31-25(33)18-24(28(31)36)32(27(35)21-10-6-5-7-11-21)30-26(34)20-13-15-22(16-14-20)29(2,3)4/h5-17,24H,18H2,1-4H3,(H,30,34). The number of imide groups is 1. The Hall–Kier alpha value is -4.26. The maximum atomic E-state index is 13.5. The van der Waals surface area contributed by atoms with E-state index in [1.165, 1.54) is 0 Å². The van der Waals surface area contributed by atoms with Crippen LogP contribution in [0.4, 0.5) is 5.69 Å². The average molecular weight is 484 g/mol. The van der Waals surface area contributed by atoms with Crippen molar-refractivity contribution >= 4 is 29.3 Å². The summed E-state index contributed by atoms with van der Waals surface area (Å²) in [5, 5.41) is 0.991. The van der Waals surface area contributed by atoms with Gasteiger partial charge in [0.15, 0.2) is 0 Å². The van der Waals surface area contributed by atoms with Crippen LogP contribution in [0.1, 0.15) is 59.0 Å². The van der Waals surface area contributed by atoms with Crippen LogP contribution in [0.5, 0.6) is 0 Å². The predicted molar refractivity (Wildman–Crippen MR) is 137 cm³/mol. The molecule has 0 radical (unpaired) electrons. The molecular weight excluding hydrogens is 454 g/mol. The molecule has 7 heteroatoms. The maximum absolute atomic E-state index is 13.5. The van der Waals surface area contributed by atoms with E-state index in [-0.39, 0.29) is 17.4 Å². The van der Waals surface area contributed by atoms with Crippen molar-refractivity contribution in [2.24, 2.45) is 0 Å². The molecule has 0 aliphatic carbocycles. The van der Waals surface area contributed by atoms with Gasteiger partial charge in [-0.25, -0.2) is 9.91 Å². The van der Waals surface area contributed by atoms with Gasteiger partial charge < -0.3 is 0 Å². The number of hydrogen-bond acceptors (Lipinski definition) is 4. The number of amides is 4. The summed E-state index contributed by atoms with van der Waals surface area (Å²) >= 11 is 0. The second-order valence-corrected chi connectivity index (χ2v) is 9.94. The Morgan fingerprint density at radius 3 is 2.17 bits per heavy atom. The molecular formula is C29H29N3O4. The number of benzene rings is 3. The molecule has 36 heavy (non-hydrogen) atoms. The fourth-order valence-corrected chi connectivity index (χ4v) is 4.14. The van der Waals surface area contributed by atoms with Crippen molar-refractivity contribution in [3.8, 4) is 0 Å². The Bertz CT molecular complexity index is 1310. The molecule has 1 atom stereocenters. The number of aryl methyl sites for hydroxylation is 1. The summed E-state index contributed by atoms with van der Waals surface area (Å²) in [5.74, 6) is -2.13. The molecule has 0 saturated carbocycles. The number of anilines is 1. The molecule has 0 bridgehead atoms. The van der Waals surface area contributed by atoms with Gasteiger partial charge in [-0.1, -0.05) is 63.2 Å². The number of carbonyl (C=O) groups excluding carboxylic acids is 4. The Balaban J connectivity index is 1.65. The van der Waals surface area contributed by atoms with E-state index in [0.29, 0.717) is 11.3 Å². The fourth-order valence-electron chi connectivity index (χ4n) is 4.14. The number of nitrogens with zero attached hydrogens (tertiary/aromatic N) is 2. The van der Waals surface area contributed by atoms with Gasteiger partial charge in [0.25, 0.3) is 17.7 Å². The molecule has 4 rings (SSSR count). The summed E-state index contributed by atoms with van der Waals surface area (Å²) in [7, 11) is 0. The smallest absolute Gasteiger partial charge is 0.273 e. The zero-order valence-corrected chi connectivity index (χ0v) is 20.8. The molecule has 1 fully saturated rings. The van der Waals surface area contributed by atoms with Gasteiger partial charge in [0.2, 0.25) is 5.91 Å². The lowest BCUT2D eigenvalue weighted by atomic mass is 9.87. The van der Waals surface area contributed by atoms with Crippen LogP contribution in [-0.2, 0) is 15.0 Å². The zero-order chi connectivity index (χ0) is 26.0. The van der Waals surface area contributed by atoms with Crippen molar-refractivity contribution in [2.45, 2.75) is 45.6 Å². The number of carbonyl (C=O) groups is 4. The molecule has 1 heterocycles. The maximum Gasteiger partial charge on any atom is 0.273 e. The van der Waals surface area contributed by atoms with Gasteiger partial charge >= 0.3 is 0 Å². The van der Waals surface area contributed by atoms with Gasteiger partial charge in [-0.2, -0.15) is 0 Å². The molecule has 1 aliphatic heterocycles. The number of nitrogens with one attached hydrogen (secondary N) is 1. The van der Waals surface area contributed by atoms with E-state index in [0.717, 1.165) is 21.0 Å². The fraction of sp³-hybridized carbons (Fsp3) is 0.241. The van der Waals surface area contributed by atoms with Crippen LogP contribution in [0.2, 0.25) is 0 Å². The first-order chi connectivity index (χ1) is 17.1. The predicted octanol–water partition coefficient (Wildman–Crippen LogP) is 4.41. The van der Waals surface area contributed by atoms with E-state index in [4.69, 9.17) is 0 Å². The van der Waals surface area contributed by atoms with E-state index < -0.39 is 29.7 Å². The Morgan fingerprint density at radius 1 is 0.889 bits per heavy atom. The summed E-state index contributed by atoms with van der Waals surface area (Å²) in [5.41, 5.74) is 5.53. The van der Waals surface area contributed by atoms with Crippen molar-refractivity contribution in [3.05, 3.63) is 101 Å². The van der Waals surface area contributed by atoms with Gasteiger partial charge in [0.05, 0.1) is 12.1 Å². The molecule has 3 aromatic carbocycles. The van der Waals surface area contributed by atoms with Crippen molar-refractivity contribution in [2.75, 3.05) is 4.90 Å². The highest BCUT2D eigenvalue weighted by Gasteiger charge is 2.45. The Kier molecular flexibility index (Phi) is 6.75. The van der Waals surface area contributed by atoms with Crippen molar-refractivity contribution in [1.82, 2.24) is 10.4 Å². The monoisotopic (exact) mass is 483 g/mol. The molecule has 1 saturated heterocycles. The first-order valence-corrected chi connectivity index (χ1v) is 11.8. The van der Waals surface area contributed by atoms with Gasteiger partial charge in [0, 0.05) is 11.1 Å². The highest BCUT2D eigenvalue weighted by Crippen LogP contribution is 2.27. The van der Waals surface area contributed by atoms with Crippen LogP contribution in [0.3, 0.4) is 0 Å². The minimum atomic E-state index is -1.18. The summed E-state index contributed by atoms with van der Waals surface area (Å²) in [6.45, 7) is 8.09. The van der Waals surface area contributed by atoms with E-state index >= 15 is 0 Å². The second kappa shape index (κ2) is 9.77. The molecule has 1 unspecified atom stereocenters. The Labute approximate surface area is 210 Å². The van der Waals surface area contributed by atoms with E-state index in [1.54, 1.807) is 60.7 Å². The lowest BCUT2D eigenvalue weighted by molar-refractivity contribution is -0.122. The van der Waals surface area contributed by atoms with Gasteiger partial charge in [-0.15, -0.1) is 0 Å². The summed E-state index contributed by atoms with van der Waals surface area (Å²) in [6.07, 6.45) is -0.241. The normalized spacial score (nSPS) is 15.7. The van der Waals surface area contributed by atoms with Crippen LogP contribution in [0, 0.1) is 6.92 Å². The average Bonchev–Trinajstić information content (AvgIpc) is 3.15. The van der Waals surface area contributed by atoms with Crippen molar-refractivity contribution in [1.29, 1.82) is 0 Å². The van der Waals surface area contributed by atoms with E-state index in [9.17, 15) is 19.2 Å². The molecule has 3 aromatic rings. The zero-order valence-electron chi connectivity index (χ0n) is 20.8. The van der Waals surface area contributed by atoms with E-state index in [2.05, 4.69) is 26.2 Å². The SMILES string of the molecule is Cc1cccc(N2C(=O)CC(N(NC(=O)c3ccc(C(C)(C)C)cc3)C(=O)c3ccccc3)C2=O)c1. The van der Waals surface area contributed by atoms with Crippen LogP contribution < -0.4 is 10.3 Å². The Morgan fingerprint density at radius 2 is 1.56 bits per heavy atom. The van der Waals surface area contributed by atoms with Crippen molar-refractivity contribution in [3.63, 3.8) is 0 Å². The van der Waals surface area contributed by atoms with Gasteiger partial charge in [0.1, 0.15) is 6.04 Å². The number of rotatable bonds is 4. The van der Waals surface area contributed by atoms with Gasteiger partial charge in [-0.3, -0.25) is 24.6 Å². The van der Waals surface area contributed by atoms with Crippen molar-refractivity contribution < 1.29 is 19.2 Å².